The van der Waals surface area contributed by atoms with Gasteiger partial charge in [-0.3, -0.25) is 9.78 Å². The fourth-order valence-electron chi connectivity index (χ4n) is 1.79. The van der Waals surface area contributed by atoms with Gasteiger partial charge in [0, 0.05) is 36.8 Å². The molecule has 0 spiro atoms. The lowest BCUT2D eigenvalue weighted by atomic mass is 10.3. The highest BCUT2D eigenvalue weighted by Crippen LogP contribution is 2.13. The van der Waals surface area contributed by atoms with E-state index in [4.69, 9.17) is 0 Å². The average Bonchev–Trinajstić information content (AvgIpc) is 2.83. The second-order valence-corrected chi connectivity index (χ2v) is 4.07. The van der Waals surface area contributed by atoms with Crippen LogP contribution in [-0.4, -0.2) is 24.1 Å². The van der Waals surface area contributed by atoms with Crippen LogP contribution >= 0.6 is 0 Å². The van der Waals surface area contributed by atoms with E-state index in [0.717, 1.165) is 11.3 Å². The summed E-state index contributed by atoms with van der Waals surface area (Å²) in [6, 6.07) is 5.16. The van der Waals surface area contributed by atoms with Crippen molar-refractivity contribution in [2.24, 2.45) is 7.05 Å². The topological polar surface area (TPSA) is 65.1 Å². The zero-order valence-electron chi connectivity index (χ0n) is 10.0. The van der Waals surface area contributed by atoms with Crippen LogP contribution in [0.25, 0.3) is 17.2 Å². The van der Waals surface area contributed by atoms with Crippen LogP contribution < -0.4 is 5.56 Å². The summed E-state index contributed by atoms with van der Waals surface area (Å²) in [6.07, 6.45) is 3.34. The second-order valence-electron chi connectivity index (χ2n) is 4.07. The number of rotatable bonds is 1. The summed E-state index contributed by atoms with van der Waals surface area (Å²) >= 11 is 0. The van der Waals surface area contributed by atoms with Crippen molar-refractivity contribution >= 4 is 5.78 Å². The van der Waals surface area contributed by atoms with Crippen molar-refractivity contribution in [3.8, 4) is 11.4 Å². The van der Waals surface area contributed by atoms with E-state index in [1.807, 2.05) is 30.7 Å². The van der Waals surface area contributed by atoms with Gasteiger partial charge in [0.1, 0.15) is 0 Å². The molecule has 0 unspecified atom stereocenters. The first-order chi connectivity index (χ1) is 8.66. The highest BCUT2D eigenvalue weighted by molar-refractivity contribution is 5.55. The number of hydrogen-bond acceptors (Lipinski definition) is 4. The monoisotopic (exact) mass is 241 g/mol. The molecule has 6 heteroatoms. The molecule has 0 aliphatic carbocycles. The Kier molecular flexibility index (Phi) is 2.22. The minimum absolute atomic E-state index is 0.173. The molecule has 18 heavy (non-hydrogen) atoms. The maximum atomic E-state index is 11.8. The molecule has 0 bridgehead atoms. The largest absolute Gasteiger partial charge is 0.317 e. The van der Waals surface area contributed by atoms with Crippen molar-refractivity contribution in [1.82, 2.24) is 24.1 Å². The fraction of sp³-hybridized carbons (Fsp3) is 0.167. The normalized spacial score (nSPS) is 11.0. The third kappa shape index (κ3) is 1.50. The van der Waals surface area contributed by atoms with Crippen LogP contribution in [0.4, 0.5) is 0 Å². The van der Waals surface area contributed by atoms with Gasteiger partial charge in [0.2, 0.25) is 5.78 Å². The van der Waals surface area contributed by atoms with E-state index in [0.29, 0.717) is 11.6 Å². The lowest BCUT2D eigenvalue weighted by molar-refractivity contribution is 0.792. The van der Waals surface area contributed by atoms with Crippen LogP contribution in [0, 0.1) is 6.92 Å². The van der Waals surface area contributed by atoms with E-state index in [1.54, 1.807) is 12.4 Å². The summed E-state index contributed by atoms with van der Waals surface area (Å²) < 4.78 is 3.14. The number of fused-ring (bicyclic) bond motifs is 1. The van der Waals surface area contributed by atoms with Crippen molar-refractivity contribution in [1.29, 1.82) is 0 Å². The molecule has 3 rings (SSSR count). The molecule has 90 valence electrons. The van der Waals surface area contributed by atoms with Crippen LogP contribution in [0.3, 0.4) is 0 Å². The minimum atomic E-state index is -0.173. The lowest BCUT2D eigenvalue weighted by Crippen LogP contribution is -2.18. The molecule has 3 heterocycles. The van der Waals surface area contributed by atoms with E-state index < -0.39 is 0 Å². The van der Waals surface area contributed by atoms with Gasteiger partial charge in [-0.15, -0.1) is 5.10 Å². The first-order valence-corrected chi connectivity index (χ1v) is 5.50. The smallest absolute Gasteiger partial charge is 0.275 e. The van der Waals surface area contributed by atoms with Gasteiger partial charge in [-0.1, -0.05) is 0 Å². The number of aryl methyl sites for hydroxylation is 2. The molecular weight excluding hydrogens is 230 g/mol. The Morgan fingerprint density at radius 1 is 1.22 bits per heavy atom. The van der Waals surface area contributed by atoms with Crippen LogP contribution in [0.2, 0.25) is 0 Å². The average molecular weight is 241 g/mol. The molecule has 0 aliphatic rings. The van der Waals surface area contributed by atoms with Crippen molar-refractivity contribution < 1.29 is 0 Å². The van der Waals surface area contributed by atoms with Gasteiger partial charge in [-0.05, 0) is 19.1 Å². The first kappa shape index (κ1) is 10.6. The van der Waals surface area contributed by atoms with Gasteiger partial charge in [0.15, 0.2) is 5.82 Å². The first-order valence-electron chi connectivity index (χ1n) is 5.50. The number of nitrogens with zero attached hydrogens (tertiary/aromatic N) is 5. The van der Waals surface area contributed by atoms with Gasteiger partial charge >= 0.3 is 0 Å². The Morgan fingerprint density at radius 2 is 1.94 bits per heavy atom. The van der Waals surface area contributed by atoms with E-state index in [-0.39, 0.29) is 5.56 Å². The third-order valence-electron chi connectivity index (χ3n) is 2.90. The molecule has 0 N–H and O–H groups in total. The summed E-state index contributed by atoms with van der Waals surface area (Å²) in [7, 11) is 1.86. The van der Waals surface area contributed by atoms with Crippen molar-refractivity contribution in [3.05, 3.63) is 46.6 Å². The van der Waals surface area contributed by atoms with Crippen LogP contribution in [0.1, 0.15) is 5.69 Å². The fourth-order valence-corrected chi connectivity index (χ4v) is 1.79. The highest BCUT2D eigenvalue weighted by atomic mass is 16.1. The molecule has 3 aromatic heterocycles. The van der Waals surface area contributed by atoms with Gasteiger partial charge in [0.25, 0.3) is 5.56 Å². The number of pyridine rings is 1. The standard InChI is InChI=1S/C12H11N5O/c1-8-7-10(18)17-12(16(8)2)14-11(15-17)9-3-5-13-6-4-9/h3-7H,1-2H3. The summed E-state index contributed by atoms with van der Waals surface area (Å²) in [4.78, 5) is 20.2. The molecule has 0 fully saturated rings. The quantitative estimate of drug-likeness (QED) is 0.632. The molecule has 0 saturated heterocycles. The molecule has 6 nitrogen and oxygen atoms in total. The number of hydrogen-bond donors (Lipinski definition) is 0. The van der Waals surface area contributed by atoms with E-state index in [1.165, 1.54) is 10.6 Å². The summed E-state index contributed by atoms with van der Waals surface area (Å²) in [5.74, 6) is 1.06. The maximum Gasteiger partial charge on any atom is 0.275 e. The van der Waals surface area contributed by atoms with Crippen molar-refractivity contribution in [2.45, 2.75) is 6.92 Å². The Morgan fingerprint density at radius 3 is 2.67 bits per heavy atom. The van der Waals surface area contributed by atoms with Crippen molar-refractivity contribution in [2.75, 3.05) is 0 Å². The Labute approximate surface area is 103 Å². The Bertz CT molecular complexity index is 772. The van der Waals surface area contributed by atoms with Gasteiger partial charge in [-0.2, -0.15) is 9.50 Å². The highest BCUT2D eigenvalue weighted by Gasteiger charge is 2.10. The molecule has 0 aromatic carbocycles. The zero-order chi connectivity index (χ0) is 12.7. The second kappa shape index (κ2) is 3.76. The predicted octanol–water partition coefficient (Wildman–Crippen LogP) is 0.798. The molecular formula is C12H11N5O. The van der Waals surface area contributed by atoms with E-state index in [9.17, 15) is 4.79 Å². The van der Waals surface area contributed by atoms with Crippen LogP contribution in [-0.2, 0) is 7.05 Å². The minimum Gasteiger partial charge on any atom is -0.317 e. The third-order valence-corrected chi connectivity index (χ3v) is 2.90. The number of aromatic nitrogens is 5. The van der Waals surface area contributed by atoms with Crippen LogP contribution in [0.15, 0.2) is 35.4 Å². The van der Waals surface area contributed by atoms with Crippen molar-refractivity contribution in [3.63, 3.8) is 0 Å². The molecule has 0 aliphatic heterocycles. The molecule has 0 atom stereocenters. The summed E-state index contributed by atoms with van der Waals surface area (Å²) in [5.41, 5.74) is 1.51. The van der Waals surface area contributed by atoms with Gasteiger partial charge in [0.05, 0.1) is 0 Å². The van der Waals surface area contributed by atoms with E-state index >= 15 is 0 Å². The van der Waals surface area contributed by atoms with Gasteiger partial charge < -0.3 is 4.57 Å². The van der Waals surface area contributed by atoms with Crippen LogP contribution in [0.5, 0.6) is 0 Å². The molecule has 0 radical (unpaired) electrons. The van der Waals surface area contributed by atoms with Gasteiger partial charge in [-0.25, -0.2) is 0 Å². The van der Waals surface area contributed by atoms with E-state index in [2.05, 4.69) is 15.1 Å². The maximum absolute atomic E-state index is 11.8. The summed E-state index contributed by atoms with van der Waals surface area (Å²) in [6.45, 7) is 1.86. The SMILES string of the molecule is Cc1cc(=O)n2nc(-c3ccncc3)nc2n1C. The zero-order valence-corrected chi connectivity index (χ0v) is 10.0. The Hall–Kier alpha value is -2.50. The molecule has 0 amide bonds. The molecule has 0 saturated carbocycles. The summed E-state index contributed by atoms with van der Waals surface area (Å²) in [5, 5.41) is 4.23. The predicted molar refractivity (Wildman–Crippen MR) is 66.2 cm³/mol. The lowest BCUT2D eigenvalue weighted by Gasteiger charge is -2.02. The molecule has 3 aromatic rings. The Balaban J connectivity index is 2.33.